The van der Waals surface area contributed by atoms with Crippen LogP contribution < -0.4 is 0 Å². The second-order valence-electron chi connectivity index (χ2n) is 5.35. The Balaban J connectivity index is 2.84. The summed E-state index contributed by atoms with van der Waals surface area (Å²) in [6, 6.07) is 6.77. The standard InChI is InChI=1S/C15H23/c1-11(2)6-14-8-13(5)9-15(10-14)7-12(3)4/h8-12H,5-7H2,1-4H3. The maximum Gasteiger partial charge on any atom is -0.0238 e. The molecule has 0 amide bonds. The fraction of sp³-hybridized carbons (Fsp3) is 0.533. The van der Waals surface area contributed by atoms with Gasteiger partial charge in [0.1, 0.15) is 0 Å². The largest absolute Gasteiger partial charge is 0.0625 e. The van der Waals surface area contributed by atoms with E-state index < -0.39 is 0 Å². The van der Waals surface area contributed by atoms with Gasteiger partial charge in [-0.15, -0.1) is 0 Å². The molecule has 0 bridgehead atoms. The van der Waals surface area contributed by atoms with E-state index in [0.29, 0.717) is 0 Å². The van der Waals surface area contributed by atoms with E-state index in [0.717, 1.165) is 30.2 Å². The van der Waals surface area contributed by atoms with Gasteiger partial charge in [0, 0.05) is 0 Å². The average Bonchev–Trinajstić information content (AvgIpc) is 1.98. The molecule has 0 saturated heterocycles. The Kier molecular flexibility index (Phi) is 4.38. The number of hydrogen-bond acceptors (Lipinski definition) is 0. The van der Waals surface area contributed by atoms with Crippen molar-refractivity contribution in [1.82, 2.24) is 0 Å². The first-order chi connectivity index (χ1) is 6.97. The molecule has 15 heavy (non-hydrogen) atoms. The van der Waals surface area contributed by atoms with Crippen LogP contribution in [0.5, 0.6) is 0 Å². The number of hydrogen-bond donors (Lipinski definition) is 0. The van der Waals surface area contributed by atoms with E-state index >= 15 is 0 Å². The van der Waals surface area contributed by atoms with Crippen LogP contribution in [0.15, 0.2) is 18.2 Å². The van der Waals surface area contributed by atoms with Gasteiger partial charge in [-0.25, -0.2) is 0 Å². The third kappa shape index (κ3) is 4.51. The van der Waals surface area contributed by atoms with E-state index in [1.807, 2.05) is 0 Å². The summed E-state index contributed by atoms with van der Waals surface area (Å²) < 4.78 is 0. The van der Waals surface area contributed by atoms with E-state index in [2.05, 4.69) is 52.8 Å². The van der Waals surface area contributed by atoms with Gasteiger partial charge < -0.3 is 0 Å². The van der Waals surface area contributed by atoms with Crippen LogP contribution in [0.25, 0.3) is 0 Å². The van der Waals surface area contributed by atoms with Gasteiger partial charge in [0.05, 0.1) is 0 Å². The molecular formula is C15H23. The van der Waals surface area contributed by atoms with E-state index in [1.54, 1.807) is 0 Å². The Morgan fingerprint density at radius 1 is 0.867 bits per heavy atom. The molecule has 0 aliphatic carbocycles. The summed E-state index contributed by atoms with van der Waals surface area (Å²) in [5.41, 5.74) is 4.03. The zero-order chi connectivity index (χ0) is 11.4. The predicted octanol–water partition coefficient (Wildman–Crippen LogP) is 4.27. The molecule has 0 aliphatic heterocycles. The van der Waals surface area contributed by atoms with Crippen LogP contribution in [0.4, 0.5) is 0 Å². The molecule has 0 aromatic heterocycles. The summed E-state index contributed by atoms with van der Waals surface area (Å²) in [6.07, 6.45) is 2.32. The topological polar surface area (TPSA) is 0 Å². The molecule has 0 heteroatoms. The van der Waals surface area contributed by atoms with Crippen molar-refractivity contribution in [2.45, 2.75) is 40.5 Å². The van der Waals surface area contributed by atoms with E-state index in [-0.39, 0.29) is 0 Å². The van der Waals surface area contributed by atoms with Gasteiger partial charge in [-0.3, -0.25) is 0 Å². The highest BCUT2D eigenvalue weighted by Crippen LogP contribution is 2.16. The highest BCUT2D eigenvalue weighted by atomic mass is 14.1. The Hall–Kier alpha value is -0.780. The Morgan fingerprint density at radius 3 is 1.60 bits per heavy atom. The molecule has 83 valence electrons. The summed E-state index contributed by atoms with van der Waals surface area (Å²) in [5, 5.41) is 0. The predicted molar refractivity (Wildman–Crippen MR) is 68.0 cm³/mol. The molecule has 1 rings (SSSR count). The van der Waals surface area contributed by atoms with Crippen LogP contribution in [0.2, 0.25) is 0 Å². The normalized spacial score (nSPS) is 11.4. The summed E-state index contributed by atoms with van der Waals surface area (Å²) in [6.45, 7) is 13.1. The zero-order valence-electron chi connectivity index (χ0n) is 10.5. The summed E-state index contributed by atoms with van der Waals surface area (Å²) in [7, 11) is 0. The smallest absolute Gasteiger partial charge is 0.0238 e. The van der Waals surface area contributed by atoms with Gasteiger partial charge in [0.2, 0.25) is 0 Å². The molecule has 0 spiro atoms. The number of benzene rings is 1. The van der Waals surface area contributed by atoms with Crippen molar-refractivity contribution in [3.63, 3.8) is 0 Å². The molecule has 0 unspecified atom stereocenters. The number of rotatable bonds is 4. The van der Waals surface area contributed by atoms with Gasteiger partial charge in [-0.1, -0.05) is 45.9 Å². The summed E-state index contributed by atoms with van der Waals surface area (Å²) in [4.78, 5) is 0. The minimum absolute atomic E-state index is 0.721. The fourth-order valence-corrected chi connectivity index (χ4v) is 2.02. The minimum Gasteiger partial charge on any atom is -0.0625 e. The highest BCUT2D eigenvalue weighted by Gasteiger charge is 2.03. The van der Waals surface area contributed by atoms with Crippen molar-refractivity contribution in [3.8, 4) is 0 Å². The first kappa shape index (κ1) is 12.3. The van der Waals surface area contributed by atoms with Crippen molar-refractivity contribution >= 4 is 0 Å². The Bertz CT molecular complexity index is 280. The SMILES string of the molecule is [CH2]c1cc(CC(C)C)cc(CC(C)C)c1. The van der Waals surface area contributed by atoms with Gasteiger partial charge >= 0.3 is 0 Å². The van der Waals surface area contributed by atoms with Crippen LogP contribution in [0.1, 0.15) is 44.4 Å². The summed E-state index contributed by atoms with van der Waals surface area (Å²) >= 11 is 0. The van der Waals surface area contributed by atoms with Crippen molar-refractivity contribution < 1.29 is 0 Å². The van der Waals surface area contributed by atoms with Crippen LogP contribution in [-0.4, -0.2) is 0 Å². The van der Waals surface area contributed by atoms with Crippen LogP contribution in [-0.2, 0) is 12.8 Å². The van der Waals surface area contributed by atoms with Gasteiger partial charge in [0.15, 0.2) is 0 Å². The maximum atomic E-state index is 4.06. The summed E-state index contributed by atoms with van der Waals surface area (Å²) in [5.74, 6) is 1.44. The third-order valence-corrected chi connectivity index (χ3v) is 2.40. The van der Waals surface area contributed by atoms with Crippen molar-refractivity contribution in [2.24, 2.45) is 11.8 Å². The first-order valence-corrected chi connectivity index (χ1v) is 5.92. The van der Waals surface area contributed by atoms with Crippen LogP contribution in [0.3, 0.4) is 0 Å². The molecule has 0 N–H and O–H groups in total. The molecule has 0 nitrogen and oxygen atoms in total. The van der Waals surface area contributed by atoms with Gasteiger partial charge in [-0.2, -0.15) is 0 Å². The first-order valence-electron chi connectivity index (χ1n) is 5.92. The average molecular weight is 203 g/mol. The molecular weight excluding hydrogens is 180 g/mol. The van der Waals surface area contributed by atoms with Crippen molar-refractivity contribution in [2.75, 3.05) is 0 Å². The molecule has 0 atom stereocenters. The lowest BCUT2D eigenvalue weighted by Gasteiger charge is -2.11. The van der Waals surface area contributed by atoms with Gasteiger partial charge in [0.25, 0.3) is 0 Å². The van der Waals surface area contributed by atoms with Crippen molar-refractivity contribution in [3.05, 3.63) is 41.8 Å². The minimum atomic E-state index is 0.721. The molecule has 0 fully saturated rings. The lowest BCUT2D eigenvalue weighted by Crippen LogP contribution is -1.99. The lowest BCUT2D eigenvalue weighted by molar-refractivity contribution is 0.636. The Labute approximate surface area is 94.7 Å². The van der Waals surface area contributed by atoms with E-state index in [4.69, 9.17) is 0 Å². The van der Waals surface area contributed by atoms with Gasteiger partial charge in [-0.05, 0) is 48.3 Å². The second kappa shape index (κ2) is 5.34. The van der Waals surface area contributed by atoms with Crippen LogP contribution in [0, 0.1) is 18.8 Å². The molecule has 1 aromatic carbocycles. The molecule has 0 aliphatic rings. The Morgan fingerprint density at radius 2 is 1.27 bits per heavy atom. The molecule has 0 saturated carbocycles. The molecule has 1 aromatic rings. The third-order valence-electron chi connectivity index (χ3n) is 2.40. The molecule has 1 radical (unpaired) electrons. The molecule has 0 heterocycles. The zero-order valence-corrected chi connectivity index (χ0v) is 10.5. The maximum absolute atomic E-state index is 4.06. The van der Waals surface area contributed by atoms with E-state index in [1.165, 1.54) is 11.1 Å². The van der Waals surface area contributed by atoms with Crippen LogP contribution >= 0.6 is 0 Å². The quantitative estimate of drug-likeness (QED) is 0.685. The van der Waals surface area contributed by atoms with Crippen molar-refractivity contribution in [1.29, 1.82) is 0 Å². The fourth-order valence-electron chi connectivity index (χ4n) is 2.02. The lowest BCUT2D eigenvalue weighted by atomic mass is 9.95. The second-order valence-corrected chi connectivity index (χ2v) is 5.35. The highest BCUT2D eigenvalue weighted by molar-refractivity contribution is 5.32. The monoisotopic (exact) mass is 203 g/mol. The van der Waals surface area contributed by atoms with E-state index in [9.17, 15) is 0 Å².